The fraction of sp³-hybridized carbons (Fsp3) is 0.294. The van der Waals surface area contributed by atoms with Crippen LogP contribution in [0.4, 0.5) is 0 Å². The number of aromatic nitrogens is 3. The summed E-state index contributed by atoms with van der Waals surface area (Å²) in [7, 11) is 0. The summed E-state index contributed by atoms with van der Waals surface area (Å²) in [5.41, 5.74) is 3.24. The van der Waals surface area contributed by atoms with Crippen molar-refractivity contribution in [1.29, 1.82) is 0 Å². The quantitative estimate of drug-likeness (QED) is 0.632. The van der Waals surface area contributed by atoms with Crippen molar-refractivity contribution in [3.63, 3.8) is 0 Å². The lowest BCUT2D eigenvalue weighted by atomic mass is 10.2. The number of aryl methyl sites for hydroxylation is 1. The van der Waals surface area contributed by atoms with Gasteiger partial charge in [0.15, 0.2) is 0 Å². The summed E-state index contributed by atoms with van der Waals surface area (Å²) in [6, 6.07) is 8.47. The summed E-state index contributed by atoms with van der Waals surface area (Å²) >= 11 is 5.21. The van der Waals surface area contributed by atoms with Gasteiger partial charge in [0.05, 0.1) is 24.5 Å². The van der Waals surface area contributed by atoms with Crippen LogP contribution >= 0.6 is 27.3 Å². The van der Waals surface area contributed by atoms with Crippen molar-refractivity contribution in [2.24, 2.45) is 0 Å². The zero-order valence-corrected chi connectivity index (χ0v) is 15.5. The van der Waals surface area contributed by atoms with Gasteiger partial charge < -0.3 is 10.3 Å². The SMILES string of the molecule is CCC(NCc1ncc(-c2cccc(Br)c2)[nH]1)c1nc(C)cs1. The number of nitrogens with zero attached hydrogens (tertiary/aromatic N) is 2. The molecule has 0 aliphatic rings. The largest absolute Gasteiger partial charge is 0.341 e. The lowest BCUT2D eigenvalue weighted by Gasteiger charge is -2.13. The van der Waals surface area contributed by atoms with Crippen LogP contribution in [0.25, 0.3) is 11.3 Å². The van der Waals surface area contributed by atoms with E-state index >= 15 is 0 Å². The van der Waals surface area contributed by atoms with Crippen molar-refractivity contribution in [2.75, 3.05) is 0 Å². The third-order valence-corrected chi connectivity index (χ3v) is 5.19. The Hall–Kier alpha value is -1.50. The monoisotopic (exact) mass is 390 g/mol. The second kappa shape index (κ2) is 7.38. The van der Waals surface area contributed by atoms with Crippen LogP contribution in [0.2, 0.25) is 0 Å². The van der Waals surface area contributed by atoms with E-state index < -0.39 is 0 Å². The van der Waals surface area contributed by atoms with E-state index in [1.54, 1.807) is 11.3 Å². The molecule has 2 N–H and O–H groups in total. The Morgan fingerprint density at radius 2 is 2.26 bits per heavy atom. The van der Waals surface area contributed by atoms with Crippen LogP contribution in [-0.2, 0) is 6.54 Å². The van der Waals surface area contributed by atoms with Crippen LogP contribution in [0.1, 0.15) is 35.9 Å². The minimum Gasteiger partial charge on any atom is -0.341 e. The highest BCUT2D eigenvalue weighted by molar-refractivity contribution is 9.10. The van der Waals surface area contributed by atoms with E-state index in [2.05, 4.69) is 60.6 Å². The highest BCUT2D eigenvalue weighted by Gasteiger charge is 2.13. The average Bonchev–Trinajstić information content (AvgIpc) is 3.17. The van der Waals surface area contributed by atoms with Crippen molar-refractivity contribution in [3.05, 3.63) is 56.8 Å². The second-order valence-corrected chi connectivity index (χ2v) is 7.23. The van der Waals surface area contributed by atoms with E-state index in [0.29, 0.717) is 6.54 Å². The topological polar surface area (TPSA) is 53.6 Å². The first kappa shape index (κ1) is 16.4. The maximum Gasteiger partial charge on any atom is 0.120 e. The molecule has 0 saturated heterocycles. The fourth-order valence-corrected chi connectivity index (χ4v) is 3.77. The minimum atomic E-state index is 0.271. The number of halogens is 1. The predicted molar refractivity (Wildman–Crippen MR) is 98.4 cm³/mol. The molecule has 2 aromatic heterocycles. The van der Waals surface area contributed by atoms with Gasteiger partial charge in [-0.1, -0.05) is 35.0 Å². The molecule has 0 radical (unpaired) electrons. The van der Waals surface area contributed by atoms with Crippen LogP contribution in [0, 0.1) is 6.92 Å². The molecule has 120 valence electrons. The first-order valence-corrected chi connectivity index (χ1v) is 9.28. The molecule has 6 heteroatoms. The van der Waals surface area contributed by atoms with E-state index in [-0.39, 0.29) is 6.04 Å². The third-order valence-electron chi connectivity index (χ3n) is 3.62. The number of rotatable bonds is 6. The van der Waals surface area contributed by atoms with Gasteiger partial charge in [0, 0.05) is 21.1 Å². The van der Waals surface area contributed by atoms with Crippen LogP contribution < -0.4 is 5.32 Å². The second-order valence-electron chi connectivity index (χ2n) is 5.42. The molecule has 0 fully saturated rings. The number of nitrogens with one attached hydrogen (secondary N) is 2. The molecule has 3 rings (SSSR count). The molecule has 2 heterocycles. The van der Waals surface area contributed by atoms with Crippen molar-refractivity contribution in [3.8, 4) is 11.3 Å². The maximum atomic E-state index is 4.58. The summed E-state index contributed by atoms with van der Waals surface area (Å²) in [6.45, 7) is 4.90. The number of aromatic amines is 1. The molecule has 1 aromatic carbocycles. The zero-order valence-electron chi connectivity index (χ0n) is 13.1. The number of H-pyrrole nitrogens is 1. The molecule has 1 atom stereocenters. The van der Waals surface area contributed by atoms with Gasteiger partial charge in [-0.15, -0.1) is 11.3 Å². The Bertz CT molecular complexity index is 780. The molecule has 1 unspecified atom stereocenters. The Balaban J connectivity index is 1.67. The highest BCUT2D eigenvalue weighted by atomic mass is 79.9. The number of thiazole rings is 1. The van der Waals surface area contributed by atoms with Gasteiger partial charge in [-0.3, -0.25) is 0 Å². The number of hydrogen-bond donors (Lipinski definition) is 2. The summed E-state index contributed by atoms with van der Waals surface area (Å²) in [4.78, 5) is 12.4. The van der Waals surface area contributed by atoms with Crippen molar-refractivity contribution in [2.45, 2.75) is 32.9 Å². The Morgan fingerprint density at radius 1 is 1.39 bits per heavy atom. The normalized spacial score (nSPS) is 12.5. The van der Waals surface area contributed by atoms with Gasteiger partial charge >= 0.3 is 0 Å². The zero-order chi connectivity index (χ0) is 16.2. The molecule has 0 aliphatic carbocycles. The minimum absolute atomic E-state index is 0.271. The Kier molecular flexibility index (Phi) is 5.25. The molecule has 23 heavy (non-hydrogen) atoms. The van der Waals surface area contributed by atoms with E-state index in [1.165, 1.54) is 0 Å². The summed E-state index contributed by atoms with van der Waals surface area (Å²) in [5.74, 6) is 0.937. The lowest BCUT2D eigenvalue weighted by Crippen LogP contribution is -2.20. The van der Waals surface area contributed by atoms with Gasteiger partial charge in [-0.05, 0) is 25.5 Å². The Labute approximate surface area is 148 Å². The van der Waals surface area contributed by atoms with Crippen LogP contribution in [0.3, 0.4) is 0 Å². The van der Waals surface area contributed by atoms with E-state index in [0.717, 1.165) is 38.7 Å². The molecule has 0 amide bonds. The maximum absolute atomic E-state index is 4.58. The van der Waals surface area contributed by atoms with Crippen molar-refractivity contribution < 1.29 is 0 Å². The number of imidazole rings is 1. The van der Waals surface area contributed by atoms with Crippen LogP contribution in [-0.4, -0.2) is 15.0 Å². The molecule has 4 nitrogen and oxygen atoms in total. The van der Waals surface area contributed by atoms with Gasteiger partial charge in [0.25, 0.3) is 0 Å². The molecule has 3 aromatic rings. The van der Waals surface area contributed by atoms with Crippen LogP contribution in [0.5, 0.6) is 0 Å². The van der Waals surface area contributed by atoms with E-state index in [4.69, 9.17) is 0 Å². The van der Waals surface area contributed by atoms with Gasteiger partial charge in [-0.2, -0.15) is 0 Å². The first-order valence-electron chi connectivity index (χ1n) is 7.61. The molecular weight excluding hydrogens is 372 g/mol. The third kappa shape index (κ3) is 4.07. The Morgan fingerprint density at radius 3 is 2.96 bits per heavy atom. The van der Waals surface area contributed by atoms with Crippen molar-refractivity contribution >= 4 is 27.3 Å². The summed E-state index contributed by atoms with van der Waals surface area (Å²) in [5, 5.41) is 6.77. The molecule has 0 saturated carbocycles. The van der Waals surface area contributed by atoms with Gasteiger partial charge in [-0.25, -0.2) is 9.97 Å². The number of hydrogen-bond acceptors (Lipinski definition) is 4. The fourth-order valence-electron chi connectivity index (χ4n) is 2.41. The van der Waals surface area contributed by atoms with E-state index in [1.807, 2.05) is 25.3 Å². The molecule has 0 spiro atoms. The van der Waals surface area contributed by atoms with E-state index in [9.17, 15) is 0 Å². The van der Waals surface area contributed by atoms with Gasteiger partial charge in [0.2, 0.25) is 0 Å². The smallest absolute Gasteiger partial charge is 0.120 e. The average molecular weight is 391 g/mol. The lowest BCUT2D eigenvalue weighted by molar-refractivity contribution is 0.507. The molecule has 0 bridgehead atoms. The number of benzene rings is 1. The molecular formula is C17H19BrN4S. The highest BCUT2D eigenvalue weighted by Crippen LogP contribution is 2.23. The van der Waals surface area contributed by atoms with Gasteiger partial charge in [0.1, 0.15) is 10.8 Å². The standard InChI is InChI=1S/C17H19BrN4S/c1-3-14(17-21-11(2)10-23-17)19-9-16-20-8-15(22-16)12-5-4-6-13(18)7-12/h4-8,10,14,19H,3,9H2,1-2H3,(H,20,22). The predicted octanol–water partition coefficient (Wildman–Crippen LogP) is 4.85. The molecule has 0 aliphatic heterocycles. The van der Waals surface area contributed by atoms with Crippen molar-refractivity contribution in [1.82, 2.24) is 20.3 Å². The summed E-state index contributed by atoms with van der Waals surface area (Å²) < 4.78 is 1.06. The summed E-state index contributed by atoms with van der Waals surface area (Å²) in [6.07, 6.45) is 2.89. The van der Waals surface area contributed by atoms with Crippen LogP contribution in [0.15, 0.2) is 40.3 Å². The first-order chi connectivity index (χ1) is 11.2.